The van der Waals surface area contributed by atoms with E-state index in [4.69, 9.17) is 14.2 Å². The SMILES string of the molecule is COc1cc(-c2cnc3sc(NCCc4ccccn4)nn23)cc(OC)c1OC. The van der Waals surface area contributed by atoms with Gasteiger partial charge in [0.05, 0.1) is 33.2 Å². The Kier molecular flexibility index (Phi) is 5.48. The first kappa shape index (κ1) is 19.0. The van der Waals surface area contributed by atoms with Crippen LogP contribution in [-0.4, -0.2) is 47.5 Å². The normalized spacial score (nSPS) is 10.9. The van der Waals surface area contributed by atoms with Gasteiger partial charge < -0.3 is 19.5 Å². The quantitative estimate of drug-likeness (QED) is 0.475. The molecule has 29 heavy (non-hydrogen) atoms. The van der Waals surface area contributed by atoms with Gasteiger partial charge in [-0.1, -0.05) is 17.4 Å². The van der Waals surface area contributed by atoms with Crippen molar-refractivity contribution in [2.75, 3.05) is 33.2 Å². The van der Waals surface area contributed by atoms with E-state index in [0.29, 0.717) is 17.2 Å². The van der Waals surface area contributed by atoms with Crippen molar-refractivity contribution >= 4 is 21.4 Å². The van der Waals surface area contributed by atoms with E-state index in [9.17, 15) is 0 Å². The van der Waals surface area contributed by atoms with Gasteiger partial charge in [-0.2, -0.15) is 0 Å². The number of fused-ring (bicyclic) bond motifs is 1. The Labute approximate surface area is 172 Å². The fraction of sp³-hybridized carbons (Fsp3) is 0.250. The zero-order valence-electron chi connectivity index (χ0n) is 16.4. The van der Waals surface area contributed by atoms with Crippen LogP contribution in [0, 0.1) is 0 Å². The van der Waals surface area contributed by atoms with Crippen molar-refractivity contribution in [1.29, 1.82) is 0 Å². The van der Waals surface area contributed by atoms with E-state index in [2.05, 4.69) is 20.4 Å². The fourth-order valence-electron chi connectivity index (χ4n) is 3.03. The molecule has 1 aromatic carbocycles. The Morgan fingerprint density at radius 2 is 1.83 bits per heavy atom. The summed E-state index contributed by atoms with van der Waals surface area (Å²) in [5.41, 5.74) is 2.75. The Morgan fingerprint density at radius 1 is 1.03 bits per heavy atom. The van der Waals surface area contributed by atoms with Crippen molar-refractivity contribution in [1.82, 2.24) is 19.6 Å². The molecule has 3 heterocycles. The average molecular weight is 411 g/mol. The molecule has 8 nitrogen and oxygen atoms in total. The number of imidazole rings is 1. The van der Waals surface area contributed by atoms with Crippen LogP contribution in [0.4, 0.5) is 5.13 Å². The minimum atomic E-state index is 0.551. The fourth-order valence-corrected chi connectivity index (χ4v) is 3.83. The first-order valence-corrected chi connectivity index (χ1v) is 9.84. The largest absolute Gasteiger partial charge is 0.493 e. The second kappa shape index (κ2) is 8.36. The van der Waals surface area contributed by atoms with Crippen LogP contribution < -0.4 is 19.5 Å². The zero-order chi connectivity index (χ0) is 20.2. The third kappa shape index (κ3) is 3.81. The number of pyridine rings is 1. The van der Waals surface area contributed by atoms with Crippen LogP contribution in [0.2, 0.25) is 0 Å². The van der Waals surface area contributed by atoms with Gasteiger partial charge in [0.2, 0.25) is 15.8 Å². The number of benzene rings is 1. The van der Waals surface area contributed by atoms with Crippen molar-refractivity contribution in [2.45, 2.75) is 6.42 Å². The minimum absolute atomic E-state index is 0.551. The summed E-state index contributed by atoms with van der Waals surface area (Å²) in [7, 11) is 4.78. The molecule has 0 spiro atoms. The lowest BCUT2D eigenvalue weighted by Gasteiger charge is -2.13. The van der Waals surface area contributed by atoms with E-state index in [1.54, 1.807) is 33.7 Å². The van der Waals surface area contributed by atoms with Crippen molar-refractivity contribution in [3.05, 3.63) is 48.4 Å². The summed E-state index contributed by atoms with van der Waals surface area (Å²) < 4.78 is 18.1. The van der Waals surface area contributed by atoms with E-state index in [0.717, 1.165) is 40.0 Å². The first-order chi connectivity index (χ1) is 14.2. The highest BCUT2D eigenvalue weighted by Gasteiger charge is 2.18. The number of nitrogens with zero attached hydrogens (tertiary/aromatic N) is 4. The van der Waals surface area contributed by atoms with E-state index in [-0.39, 0.29) is 0 Å². The molecule has 4 rings (SSSR count). The highest BCUT2D eigenvalue weighted by Crippen LogP contribution is 2.41. The van der Waals surface area contributed by atoms with Gasteiger partial charge in [0, 0.05) is 30.4 Å². The topological polar surface area (TPSA) is 82.8 Å². The van der Waals surface area contributed by atoms with Gasteiger partial charge in [0.1, 0.15) is 0 Å². The Morgan fingerprint density at radius 3 is 2.48 bits per heavy atom. The molecule has 0 radical (unpaired) electrons. The molecule has 0 bridgehead atoms. The molecule has 1 N–H and O–H groups in total. The maximum Gasteiger partial charge on any atom is 0.214 e. The lowest BCUT2D eigenvalue weighted by molar-refractivity contribution is 0.324. The van der Waals surface area contributed by atoms with Crippen molar-refractivity contribution in [3.8, 4) is 28.5 Å². The molecular weight excluding hydrogens is 390 g/mol. The number of hydrogen-bond donors (Lipinski definition) is 1. The predicted molar refractivity (Wildman–Crippen MR) is 112 cm³/mol. The van der Waals surface area contributed by atoms with Gasteiger partial charge in [-0.3, -0.25) is 4.98 Å². The van der Waals surface area contributed by atoms with Crippen LogP contribution in [0.5, 0.6) is 17.2 Å². The lowest BCUT2D eigenvalue weighted by Crippen LogP contribution is -2.06. The standard InChI is InChI=1S/C20H21N5O3S/c1-26-16-10-13(11-17(27-2)18(16)28-3)15-12-23-20-25(15)24-19(29-20)22-9-7-14-6-4-5-8-21-14/h4-6,8,10-12H,7,9H2,1-3H3,(H,22,24). The van der Waals surface area contributed by atoms with Crippen LogP contribution in [-0.2, 0) is 6.42 Å². The van der Waals surface area contributed by atoms with Gasteiger partial charge in [-0.05, 0) is 24.3 Å². The molecule has 150 valence electrons. The monoisotopic (exact) mass is 411 g/mol. The summed E-state index contributed by atoms with van der Waals surface area (Å²) in [5.74, 6) is 1.72. The van der Waals surface area contributed by atoms with Crippen LogP contribution >= 0.6 is 11.3 Å². The van der Waals surface area contributed by atoms with Crippen LogP contribution in [0.25, 0.3) is 16.2 Å². The van der Waals surface area contributed by atoms with Crippen LogP contribution in [0.1, 0.15) is 5.69 Å². The number of methoxy groups -OCH3 is 3. The summed E-state index contributed by atoms with van der Waals surface area (Å²) in [5, 5.41) is 8.81. The Hall–Kier alpha value is -3.33. The van der Waals surface area contributed by atoms with Crippen molar-refractivity contribution in [2.24, 2.45) is 0 Å². The molecular formula is C20H21N5O3S. The molecule has 0 fully saturated rings. The van der Waals surface area contributed by atoms with Crippen molar-refractivity contribution in [3.63, 3.8) is 0 Å². The molecule has 9 heteroatoms. The smallest absolute Gasteiger partial charge is 0.214 e. The molecule has 4 aromatic rings. The lowest BCUT2D eigenvalue weighted by atomic mass is 10.1. The average Bonchev–Trinajstić information content (AvgIpc) is 3.33. The maximum absolute atomic E-state index is 5.46. The second-order valence-corrected chi connectivity index (χ2v) is 7.11. The summed E-state index contributed by atoms with van der Waals surface area (Å²) in [6.07, 6.45) is 4.41. The van der Waals surface area contributed by atoms with Gasteiger partial charge in [-0.25, -0.2) is 9.50 Å². The highest BCUT2D eigenvalue weighted by atomic mass is 32.1. The second-order valence-electron chi connectivity index (χ2n) is 6.16. The third-order valence-electron chi connectivity index (χ3n) is 4.43. The van der Waals surface area contributed by atoms with E-state index < -0.39 is 0 Å². The molecule has 0 atom stereocenters. The van der Waals surface area contributed by atoms with Gasteiger partial charge in [0.15, 0.2) is 11.5 Å². The first-order valence-electron chi connectivity index (χ1n) is 9.02. The number of hydrogen-bond acceptors (Lipinski definition) is 8. The number of rotatable bonds is 8. The van der Waals surface area contributed by atoms with E-state index in [1.165, 1.54) is 11.3 Å². The van der Waals surface area contributed by atoms with E-state index >= 15 is 0 Å². The maximum atomic E-state index is 5.46. The molecule has 0 aliphatic carbocycles. The summed E-state index contributed by atoms with van der Waals surface area (Å²) in [4.78, 5) is 9.62. The Balaban J connectivity index is 1.59. The van der Waals surface area contributed by atoms with Crippen LogP contribution in [0.15, 0.2) is 42.7 Å². The molecule has 0 aliphatic heterocycles. The van der Waals surface area contributed by atoms with E-state index in [1.807, 2.05) is 34.8 Å². The zero-order valence-corrected chi connectivity index (χ0v) is 17.2. The molecule has 0 saturated heterocycles. The summed E-state index contributed by atoms with van der Waals surface area (Å²) in [6.45, 7) is 0.743. The van der Waals surface area contributed by atoms with Crippen LogP contribution in [0.3, 0.4) is 0 Å². The number of anilines is 1. The Bertz CT molecular complexity index is 1080. The third-order valence-corrected chi connectivity index (χ3v) is 5.31. The molecule has 0 aliphatic rings. The minimum Gasteiger partial charge on any atom is -0.493 e. The molecule has 3 aromatic heterocycles. The number of nitrogens with one attached hydrogen (secondary N) is 1. The molecule has 0 amide bonds. The number of ether oxygens (including phenoxy) is 3. The van der Waals surface area contributed by atoms with Gasteiger partial charge in [0.25, 0.3) is 0 Å². The number of aromatic nitrogens is 4. The van der Waals surface area contributed by atoms with Gasteiger partial charge >= 0.3 is 0 Å². The summed E-state index contributed by atoms with van der Waals surface area (Å²) >= 11 is 1.50. The molecule has 0 unspecified atom stereocenters. The molecule has 0 saturated carbocycles. The van der Waals surface area contributed by atoms with Crippen molar-refractivity contribution < 1.29 is 14.2 Å². The predicted octanol–water partition coefficient (Wildman–Crippen LogP) is 3.53. The van der Waals surface area contributed by atoms with Gasteiger partial charge in [-0.15, -0.1) is 5.10 Å². The highest BCUT2D eigenvalue weighted by molar-refractivity contribution is 7.20. The summed E-state index contributed by atoms with van der Waals surface area (Å²) in [6, 6.07) is 9.69.